The van der Waals surface area contributed by atoms with Gasteiger partial charge in [0.1, 0.15) is 12.1 Å². The minimum atomic E-state index is -0.444. The first-order valence-electron chi connectivity index (χ1n) is 8.50. The molecular weight excluding hydrogens is 351 g/mol. The van der Waals surface area contributed by atoms with Gasteiger partial charge in [-0.3, -0.25) is 9.59 Å². The van der Waals surface area contributed by atoms with Crippen molar-refractivity contribution >= 4 is 16.8 Å². The maximum Gasteiger partial charge on any atom is 0.277 e. The molecule has 0 atom stereocenters. The molecule has 0 spiro atoms. The van der Waals surface area contributed by atoms with E-state index in [9.17, 15) is 14.0 Å². The fraction of sp³-hybridized carbons (Fsp3) is 0.263. The summed E-state index contributed by atoms with van der Waals surface area (Å²) in [6.07, 6.45) is 0.100. The Bertz CT molecular complexity index is 1010. The third kappa shape index (κ3) is 4.46. The summed E-state index contributed by atoms with van der Waals surface area (Å²) < 4.78 is 20.0. The number of hydrogen-bond donors (Lipinski definition) is 0. The zero-order chi connectivity index (χ0) is 19.2. The van der Waals surface area contributed by atoms with Crippen LogP contribution in [0.2, 0.25) is 0 Å². The van der Waals surface area contributed by atoms with Gasteiger partial charge in [0.05, 0.1) is 18.5 Å². The molecular formula is C19H19FN4O3. The number of carbonyl (C=O) groups excluding carboxylic acids is 1. The normalized spacial score (nSPS) is 10.7. The molecule has 7 nitrogen and oxygen atoms in total. The molecule has 8 heteroatoms. The van der Waals surface area contributed by atoms with Gasteiger partial charge in [-0.2, -0.15) is 0 Å². The zero-order valence-electron chi connectivity index (χ0n) is 14.8. The van der Waals surface area contributed by atoms with Crippen molar-refractivity contribution in [3.05, 3.63) is 64.7 Å². The maximum absolute atomic E-state index is 13.5. The van der Waals surface area contributed by atoms with Crippen molar-refractivity contribution in [1.29, 1.82) is 0 Å². The van der Waals surface area contributed by atoms with E-state index >= 15 is 0 Å². The third-order valence-electron chi connectivity index (χ3n) is 4.11. The minimum absolute atomic E-state index is 0.100. The van der Waals surface area contributed by atoms with Gasteiger partial charge in [0.25, 0.3) is 5.56 Å². The molecule has 1 heterocycles. The number of carbonyl (C=O) groups is 1. The predicted molar refractivity (Wildman–Crippen MR) is 97.9 cm³/mol. The van der Waals surface area contributed by atoms with Gasteiger partial charge in [-0.1, -0.05) is 29.5 Å². The number of ether oxygens (including phenoxy) is 1. The van der Waals surface area contributed by atoms with Crippen molar-refractivity contribution < 1.29 is 13.9 Å². The highest BCUT2D eigenvalue weighted by atomic mass is 19.1. The van der Waals surface area contributed by atoms with Gasteiger partial charge in [0, 0.05) is 13.5 Å². The van der Waals surface area contributed by atoms with Crippen LogP contribution in [0.4, 0.5) is 4.39 Å². The lowest BCUT2D eigenvalue weighted by Gasteiger charge is -2.17. The van der Waals surface area contributed by atoms with Gasteiger partial charge in [0.15, 0.2) is 11.6 Å². The van der Waals surface area contributed by atoms with Crippen molar-refractivity contribution in [3.8, 4) is 5.75 Å². The number of amides is 1. The van der Waals surface area contributed by atoms with Crippen LogP contribution < -0.4 is 10.3 Å². The molecule has 1 amide bonds. The van der Waals surface area contributed by atoms with Crippen molar-refractivity contribution in [1.82, 2.24) is 19.9 Å². The highest BCUT2D eigenvalue weighted by Gasteiger charge is 2.12. The van der Waals surface area contributed by atoms with E-state index in [1.165, 1.54) is 21.7 Å². The standard InChI is InChI=1S/C19H19FN4O3/c1-23(12-13-27-17-9-5-3-7-15(17)20)18(25)10-11-24-19(26)14-6-2-4-8-16(14)21-22-24/h2-9H,10-13H2,1H3. The molecule has 0 saturated carbocycles. The summed E-state index contributed by atoms with van der Waals surface area (Å²) in [6, 6.07) is 13.0. The van der Waals surface area contributed by atoms with Crippen molar-refractivity contribution in [2.45, 2.75) is 13.0 Å². The van der Waals surface area contributed by atoms with E-state index in [-0.39, 0.29) is 36.8 Å². The largest absolute Gasteiger partial charge is 0.489 e. The average Bonchev–Trinajstić information content (AvgIpc) is 2.69. The van der Waals surface area contributed by atoms with Gasteiger partial charge in [-0.25, -0.2) is 9.07 Å². The fourth-order valence-electron chi connectivity index (χ4n) is 2.54. The molecule has 0 aliphatic heterocycles. The summed E-state index contributed by atoms with van der Waals surface area (Å²) in [7, 11) is 1.63. The van der Waals surface area contributed by atoms with E-state index in [2.05, 4.69) is 10.3 Å². The van der Waals surface area contributed by atoms with Gasteiger partial charge in [0.2, 0.25) is 5.91 Å². The summed E-state index contributed by atoms with van der Waals surface area (Å²) in [5, 5.41) is 8.32. The first kappa shape index (κ1) is 18.5. The van der Waals surface area contributed by atoms with Crippen LogP contribution in [0.25, 0.3) is 10.9 Å². The molecule has 3 aromatic rings. The van der Waals surface area contributed by atoms with Gasteiger partial charge >= 0.3 is 0 Å². The summed E-state index contributed by atoms with van der Waals surface area (Å²) in [5.41, 5.74) is 0.242. The number of hydrogen-bond acceptors (Lipinski definition) is 5. The SMILES string of the molecule is CN(CCOc1ccccc1F)C(=O)CCn1nnc2ccccc2c1=O. The van der Waals surface area contributed by atoms with E-state index in [4.69, 9.17) is 4.74 Å². The summed E-state index contributed by atoms with van der Waals surface area (Å²) in [6.45, 7) is 0.596. The molecule has 1 aromatic heterocycles. The third-order valence-corrected chi connectivity index (χ3v) is 4.11. The van der Waals surface area contributed by atoms with Gasteiger partial charge < -0.3 is 9.64 Å². The lowest BCUT2D eigenvalue weighted by Crippen LogP contribution is -2.33. The van der Waals surface area contributed by atoms with Crippen LogP contribution in [0, 0.1) is 5.82 Å². The molecule has 0 radical (unpaired) electrons. The summed E-state index contributed by atoms with van der Waals surface area (Å²) >= 11 is 0. The van der Waals surface area contributed by atoms with Crippen molar-refractivity contribution in [2.24, 2.45) is 0 Å². The van der Waals surface area contributed by atoms with E-state index in [1.54, 1.807) is 43.4 Å². The molecule has 0 unspecified atom stereocenters. The lowest BCUT2D eigenvalue weighted by atomic mass is 10.2. The smallest absolute Gasteiger partial charge is 0.277 e. The molecule has 2 aromatic carbocycles. The van der Waals surface area contributed by atoms with E-state index in [0.29, 0.717) is 17.4 Å². The zero-order valence-corrected chi connectivity index (χ0v) is 14.8. The molecule has 0 N–H and O–H groups in total. The Morgan fingerprint density at radius 2 is 1.93 bits per heavy atom. The Labute approximate surface area is 155 Å². The number of halogens is 1. The van der Waals surface area contributed by atoms with Crippen LogP contribution in [0.1, 0.15) is 6.42 Å². The number of rotatable bonds is 7. The highest BCUT2D eigenvalue weighted by Crippen LogP contribution is 2.15. The van der Waals surface area contributed by atoms with Crippen LogP contribution in [0.3, 0.4) is 0 Å². The minimum Gasteiger partial charge on any atom is -0.489 e. The Balaban J connectivity index is 1.52. The summed E-state index contributed by atoms with van der Waals surface area (Å²) in [5.74, 6) is -0.467. The predicted octanol–water partition coefficient (Wildman–Crippen LogP) is 1.86. The molecule has 3 rings (SSSR count). The fourth-order valence-corrected chi connectivity index (χ4v) is 2.54. The molecule has 0 saturated heterocycles. The van der Waals surface area contributed by atoms with Crippen LogP contribution >= 0.6 is 0 Å². The Morgan fingerprint density at radius 3 is 2.74 bits per heavy atom. The lowest BCUT2D eigenvalue weighted by molar-refractivity contribution is -0.130. The molecule has 0 aliphatic carbocycles. The second kappa shape index (κ2) is 8.39. The number of benzene rings is 2. The highest BCUT2D eigenvalue weighted by molar-refractivity contribution is 5.77. The second-order valence-electron chi connectivity index (χ2n) is 5.98. The number of aryl methyl sites for hydroxylation is 1. The average molecular weight is 370 g/mol. The maximum atomic E-state index is 13.5. The van der Waals surface area contributed by atoms with Crippen LogP contribution in [0.15, 0.2) is 53.3 Å². The number of aromatic nitrogens is 3. The summed E-state index contributed by atoms with van der Waals surface area (Å²) in [4.78, 5) is 26.1. The van der Waals surface area contributed by atoms with E-state index in [0.717, 1.165) is 0 Å². The Kier molecular flexibility index (Phi) is 5.75. The topological polar surface area (TPSA) is 77.3 Å². The molecule has 0 bridgehead atoms. The number of fused-ring (bicyclic) bond motifs is 1. The van der Waals surface area contributed by atoms with Crippen molar-refractivity contribution in [3.63, 3.8) is 0 Å². The van der Waals surface area contributed by atoms with Crippen LogP contribution in [-0.4, -0.2) is 46.0 Å². The quantitative estimate of drug-likeness (QED) is 0.634. The van der Waals surface area contributed by atoms with E-state index in [1.807, 2.05) is 0 Å². The number of nitrogens with zero attached hydrogens (tertiary/aromatic N) is 4. The molecule has 27 heavy (non-hydrogen) atoms. The van der Waals surface area contributed by atoms with E-state index < -0.39 is 5.82 Å². The first-order chi connectivity index (χ1) is 13.1. The molecule has 140 valence electrons. The molecule has 0 fully saturated rings. The van der Waals surface area contributed by atoms with Crippen LogP contribution in [0.5, 0.6) is 5.75 Å². The first-order valence-corrected chi connectivity index (χ1v) is 8.50. The monoisotopic (exact) mass is 370 g/mol. The Hall–Kier alpha value is -3.29. The number of para-hydroxylation sites is 1. The number of likely N-dealkylation sites (N-methyl/N-ethyl adjacent to an activating group) is 1. The van der Waals surface area contributed by atoms with Gasteiger partial charge in [-0.15, -0.1) is 5.10 Å². The van der Waals surface area contributed by atoms with Crippen LogP contribution in [-0.2, 0) is 11.3 Å². The van der Waals surface area contributed by atoms with Crippen molar-refractivity contribution in [2.75, 3.05) is 20.2 Å². The molecule has 0 aliphatic rings. The second-order valence-corrected chi connectivity index (χ2v) is 5.98. The Morgan fingerprint density at radius 1 is 1.19 bits per heavy atom. The van der Waals surface area contributed by atoms with Gasteiger partial charge in [-0.05, 0) is 24.3 Å².